The quantitative estimate of drug-likeness (QED) is 0.628. The van der Waals surface area contributed by atoms with Gasteiger partial charge < -0.3 is 4.90 Å². The van der Waals surface area contributed by atoms with Crippen LogP contribution in [0.2, 0.25) is 0 Å². The number of rotatable bonds is 5. The molecule has 2 aromatic carbocycles. The van der Waals surface area contributed by atoms with Gasteiger partial charge in [0.05, 0.1) is 10.6 Å². The van der Waals surface area contributed by atoms with Crippen LogP contribution in [0.15, 0.2) is 76.4 Å². The summed E-state index contributed by atoms with van der Waals surface area (Å²) in [5.74, 6) is 0.655. The Morgan fingerprint density at radius 2 is 1.53 bits per heavy atom. The van der Waals surface area contributed by atoms with Crippen LogP contribution in [0.25, 0.3) is 5.69 Å². The predicted octanol–water partition coefficient (Wildman–Crippen LogP) is 2.31. The van der Waals surface area contributed by atoms with Crippen LogP contribution in [-0.2, 0) is 16.4 Å². The Kier molecular flexibility index (Phi) is 5.69. The highest BCUT2D eigenvalue weighted by Crippen LogP contribution is 2.20. The summed E-state index contributed by atoms with van der Waals surface area (Å²) < 4.78 is 28.8. The van der Waals surface area contributed by atoms with Crippen LogP contribution in [0.5, 0.6) is 0 Å². The zero-order chi connectivity index (χ0) is 21.1. The Morgan fingerprint density at radius 1 is 0.867 bits per heavy atom. The van der Waals surface area contributed by atoms with Gasteiger partial charge in [0.25, 0.3) is 5.56 Å². The first-order chi connectivity index (χ1) is 14.5. The summed E-state index contributed by atoms with van der Waals surface area (Å²) in [7, 11) is -3.52. The molecule has 0 amide bonds. The van der Waals surface area contributed by atoms with Crippen molar-refractivity contribution >= 4 is 15.8 Å². The highest BCUT2D eigenvalue weighted by atomic mass is 32.2. The Hall–Kier alpha value is -2.97. The van der Waals surface area contributed by atoms with Gasteiger partial charge in [-0.2, -0.15) is 8.99 Å². The maximum absolute atomic E-state index is 13.0. The van der Waals surface area contributed by atoms with Gasteiger partial charge in [0.15, 0.2) is 0 Å². The third kappa shape index (κ3) is 4.01. The fraction of sp³-hybridized carbons (Fsp3) is 0.273. The van der Waals surface area contributed by atoms with Crippen molar-refractivity contribution in [2.75, 3.05) is 31.1 Å². The predicted molar refractivity (Wildman–Crippen MR) is 117 cm³/mol. The Labute approximate surface area is 176 Å². The van der Waals surface area contributed by atoms with E-state index >= 15 is 0 Å². The number of piperazine rings is 1. The number of benzene rings is 2. The summed E-state index contributed by atoms with van der Waals surface area (Å²) in [6.07, 6.45) is 0.872. The van der Waals surface area contributed by atoms with Crippen LogP contribution in [-0.4, -0.2) is 48.7 Å². The first-order valence-corrected chi connectivity index (χ1v) is 11.4. The van der Waals surface area contributed by atoms with Gasteiger partial charge in [-0.05, 0) is 42.3 Å². The molecule has 1 aromatic heterocycles. The van der Waals surface area contributed by atoms with E-state index in [-0.39, 0.29) is 5.56 Å². The molecular weight excluding hydrogens is 400 g/mol. The number of para-hydroxylation sites is 1. The molecule has 7 nitrogen and oxygen atoms in total. The maximum Gasteiger partial charge on any atom is 0.271 e. The monoisotopic (exact) mass is 424 g/mol. The van der Waals surface area contributed by atoms with Gasteiger partial charge in [-0.3, -0.25) is 4.79 Å². The molecule has 0 bridgehead atoms. The molecular formula is C22H24N4O3S. The third-order valence-electron chi connectivity index (χ3n) is 5.32. The van der Waals surface area contributed by atoms with E-state index in [2.05, 4.69) is 5.10 Å². The second-order valence-electron chi connectivity index (χ2n) is 7.17. The van der Waals surface area contributed by atoms with E-state index in [1.807, 2.05) is 54.3 Å². The van der Waals surface area contributed by atoms with Crippen LogP contribution in [0.4, 0.5) is 5.82 Å². The molecule has 1 fully saturated rings. The minimum absolute atomic E-state index is 0.207. The normalized spacial score (nSPS) is 15.3. The lowest BCUT2D eigenvalue weighted by Gasteiger charge is -2.34. The first kappa shape index (κ1) is 20.3. The molecule has 2 heterocycles. The molecule has 3 aromatic rings. The molecule has 0 unspecified atom stereocenters. The number of hydrogen-bond donors (Lipinski definition) is 0. The molecule has 1 saturated heterocycles. The zero-order valence-electron chi connectivity index (χ0n) is 16.8. The van der Waals surface area contributed by atoms with Crippen molar-refractivity contribution in [3.63, 3.8) is 0 Å². The number of nitrogens with zero attached hydrogens (tertiary/aromatic N) is 4. The van der Waals surface area contributed by atoms with Crippen molar-refractivity contribution in [2.24, 2.45) is 0 Å². The fourth-order valence-electron chi connectivity index (χ4n) is 3.53. The number of aromatic nitrogens is 2. The van der Waals surface area contributed by atoms with Crippen molar-refractivity contribution in [2.45, 2.75) is 18.2 Å². The van der Waals surface area contributed by atoms with E-state index in [9.17, 15) is 13.2 Å². The summed E-state index contributed by atoms with van der Waals surface area (Å²) >= 11 is 0. The average molecular weight is 425 g/mol. The van der Waals surface area contributed by atoms with E-state index in [1.165, 1.54) is 15.1 Å². The minimum Gasteiger partial charge on any atom is -0.353 e. The summed E-state index contributed by atoms with van der Waals surface area (Å²) in [6.45, 7) is 3.78. The van der Waals surface area contributed by atoms with Gasteiger partial charge in [-0.15, -0.1) is 5.10 Å². The largest absolute Gasteiger partial charge is 0.353 e. The van der Waals surface area contributed by atoms with Gasteiger partial charge in [-0.1, -0.05) is 37.3 Å². The lowest BCUT2D eigenvalue weighted by atomic mass is 10.2. The molecule has 0 atom stereocenters. The molecule has 0 aliphatic carbocycles. The third-order valence-corrected chi connectivity index (χ3v) is 7.23. The van der Waals surface area contributed by atoms with Crippen LogP contribution in [0.3, 0.4) is 0 Å². The van der Waals surface area contributed by atoms with E-state index in [0.717, 1.165) is 12.0 Å². The van der Waals surface area contributed by atoms with Gasteiger partial charge in [-0.25, -0.2) is 8.42 Å². The van der Waals surface area contributed by atoms with Gasteiger partial charge >= 0.3 is 0 Å². The summed E-state index contributed by atoms with van der Waals surface area (Å²) in [5, 5.41) is 4.49. The van der Waals surface area contributed by atoms with Crippen LogP contribution >= 0.6 is 0 Å². The Bertz CT molecular complexity index is 1170. The zero-order valence-corrected chi connectivity index (χ0v) is 17.6. The highest BCUT2D eigenvalue weighted by Gasteiger charge is 2.29. The number of aryl methyl sites for hydroxylation is 1. The smallest absolute Gasteiger partial charge is 0.271 e. The van der Waals surface area contributed by atoms with E-state index in [0.29, 0.717) is 42.6 Å². The Balaban J connectivity index is 1.50. The van der Waals surface area contributed by atoms with E-state index in [1.54, 1.807) is 18.2 Å². The molecule has 8 heteroatoms. The van der Waals surface area contributed by atoms with Crippen LogP contribution < -0.4 is 10.5 Å². The fourth-order valence-corrected chi connectivity index (χ4v) is 4.95. The lowest BCUT2D eigenvalue weighted by Crippen LogP contribution is -2.49. The van der Waals surface area contributed by atoms with Crippen molar-refractivity contribution in [3.05, 3.63) is 82.6 Å². The molecule has 0 spiro atoms. The second-order valence-corrected chi connectivity index (χ2v) is 9.10. The molecule has 30 heavy (non-hydrogen) atoms. The molecule has 1 aliphatic heterocycles. The topological polar surface area (TPSA) is 75.5 Å². The highest BCUT2D eigenvalue weighted by molar-refractivity contribution is 7.89. The number of sulfonamides is 1. The van der Waals surface area contributed by atoms with E-state index in [4.69, 9.17) is 0 Å². The second kappa shape index (κ2) is 8.41. The van der Waals surface area contributed by atoms with Crippen molar-refractivity contribution in [1.82, 2.24) is 14.1 Å². The summed E-state index contributed by atoms with van der Waals surface area (Å²) in [4.78, 5) is 14.6. The average Bonchev–Trinajstić information content (AvgIpc) is 2.80. The van der Waals surface area contributed by atoms with Crippen molar-refractivity contribution in [1.29, 1.82) is 0 Å². The first-order valence-electron chi connectivity index (χ1n) is 9.99. The van der Waals surface area contributed by atoms with Gasteiger partial charge in [0.1, 0.15) is 5.82 Å². The molecule has 1 aliphatic rings. The van der Waals surface area contributed by atoms with Gasteiger partial charge in [0, 0.05) is 32.2 Å². The molecule has 4 rings (SSSR count). The lowest BCUT2D eigenvalue weighted by molar-refractivity contribution is 0.383. The Morgan fingerprint density at radius 3 is 2.17 bits per heavy atom. The minimum atomic E-state index is -3.52. The van der Waals surface area contributed by atoms with Crippen LogP contribution in [0, 0.1) is 0 Å². The molecule has 0 radical (unpaired) electrons. The number of anilines is 1. The SMILES string of the molecule is CCc1ccc(S(=O)(=O)N2CCN(c3ccc(=O)n(-c4ccccc4)n3)CC2)cc1. The van der Waals surface area contributed by atoms with Crippen molar-refractivity contribution < 1.29 is 8.42 Å². The van der Waals surface area contributed by atoms with Gasteiger partial charge in [0.2, 0.25) is 10.0 Å². The number of hydrogen-bond acceptors (Lipinski definition) is 5. The van der Waals surface area contributed by atoms with Crippen molar-refractivity contribution in [3.8, 4) is 5.69 Å². The van der Waals surface area contributed by atoms with Crippen LogP contribution in [0.1, 0.15) is 12.5 Å². The molecule has 156 valence electrons. The summed E-state index contributed by atoms with van der Waals surface area (Å²) in [6, 6.07) is 19.5. The van der Waals surface area contributed by atoms with E-state index < -0.39 is 10.0 Å². The maximum atomic E-state index is 13.0. The molecule has 0 saturated carbocycles. The summed E-state index contributed by atoms with van der Waals surface area (Å²) in [5.41, 5.74) is 1.60. The standard InChI is InChI=1S/C22H24N4O3S/c1-2-18-8-10-20(11-9-18)30(28,29)25-16-14-24(15-17-25)21-12-13-22(27)26(23-21)19-6-4-3-5-7-19/h3-13H,2,14-17H2,1H3. The molecule has 0 N–H and O–H groups in total.